The van der Waals surface area contributed by atoms with E-state index in [1.165, 1.54) is 12.8 Å². The van der Waals surface area contributed by atoms with Crippen LogP contribution in [0.3, 0.4) is 0 Å². The first-order valence-electron chi connectivity index (χ1n) is 7.13. The monoisotopic (exact) mass is 255 g/mol. The molecule has 0 unspecified atom stereocenters. The molecule has 1 saturated heterocycles. The van der Waals surface area contributed by atoms with Crippen LogP contribution in [-0.2, 0) is 4.79 Å². The third-order valence-corrected chi connectivity index (χ3v) is 3.97. The second-order valence-corrected chi connectivity index (χ2v) is 5.39. The van der Waals surface area contributed by atoms with Gasteiger partial charge in [-0.25, -0.2) is 0 Å². The first-order valence-corrected chi connectivity index (χ1v) is 7.13. The van der Waals surface area contributed by atoms with Crippen molar-refractivity contribution in [1.29, 1.82) is 0 Å². The van der Waals surface area contributed by atoms with Gasteiger partial charge in [0.2, 0.25) is 5.91 Å². The molecule has 18 heavy (non-hydrogen) atoms. The van der Waals surface area contributed by atoms with Crippen LogP contribution in [-0.4, -0.2) is 72.7 Å². The van der Waals surface area contributed by atoms with Crippen molar-refractivity contribution in [3.63, 3.8) is 0 Å². The van der Waals surface area contributed by atoms with Gasteiger partial charge in [0.15, 0.2) is 0 Å². The molecule has 5 nitrogen and oxygen atoms in total. The maximum Gasteiger partial charge on any atom is 0.234 e. The Morgan fingerprint density at radius 2 is 1.72 bits per heavy atom. The summed E-state index contributed by atoms with van der Waals surface area (Å²) in [5, 5.41) is 12.0. The largest absolute Gasteiger partial charge is 0.395 e. The Hall–Kier alpha value is -0.650. The normalized spacial score (nSPS) is 23.4. The molecule has 5 heteroatoms. The van der Waals surface area contributed by atoms with Crippen LogP contribution in [0.15, 0.2) is 0 Å². The second kappa shape index (κ2) is 7.07. The Morgan fingerprint density at radius 1 is 1.11 bits per heavy atom. The van der Waals surface area contributed by atoms with Crippen LogP contribution < -0.4 is 5.32 Å². The maximum atomic E-state index is 11.9. The maximum absolute atomic E-state index is 11.9. The lowest BCUT2D eigenvalue weighted by molar-refractivity contribution is -0.123. The Morgan fingerprint density at radius 3 is 2.33 bits per heavy atom. The molecule has 0 aromatic carbocycles. The lowest BCUT2D eigenvalue weighted by atomic mass is 10.2. The lowest BCUT2D eigenvalue weighted by Gasteiger charge is -2.34. The van der Waals surface area contributed by atoms with E-state index in [0.29, 0.717) is 12.6 Å². The number of hydrogen-bond acceptors (Lipinski definition) is 4. The minimum absolute atomic E-state index is 0.178. The molecule has 0 spiro atoms. The molecular weight excluding hydrogens is 230 g/mol. The van der Waals surface area contributed by atoms with Crippen molar-refractivity contribution < 1.29 is 9.90 Å². The molecule has 1 heterocycles. The highest BCUT2D eigenvalue weighted by atomic mass is 16.3. The van der Waals surface area contributed by atoms with E-state index in [-0.39, 0.29) is 12.5 Å². The molecule has 2 rings (SSSR count). The van der Waals surface area contributed by atoms with Gasteiger partial charge in [-0.15, -0.1) is 0 Å². The van der Waals surface area contributed by atoms with Crippen molar-refractivity contribution in [2.75, 3.05) is 45.9 Å². The topological polar surface area (TPSA) is 55.8 Å². The van der Waals surface area contributed by atoms with Crippen molar-refractivity contribution in [2.45, 2.75) is 31.7 Å². The number of carbonyl (C=O) groups excluding carboxylic acids is 1. The van der Waals surface area contributed by atoms with Gasteiger partial charge in [0, 0.05) is 38.8 Å². The number of nitrogens with zero attached hydrogens (tertiary/aromatic N) is 2. The molecule has 1 aliphatic heterocycles. The van der Waals surface area contributed by atoms with Gasteiger partial charge in [-0.05, 0) is 12.8 Å². The van der Waals surface area contributed by atoms with Gasteiger partial charge in [0.25, 0.3) is 0 Å². The van der Waals surface area contributed by atoms with Gasteiger partial charge >= 0.3 is 0 Å². The summed E-state index contributed by atoms with van der Waals surface area (Å²) >= 11 is 0. The van der Waals surface area contributed by atoms with Crippen molar-refractivity contribution in [1.82, 2.24) is 15.1 Å². The Kier molecular flexibility index (Phi) is 5.41. The highest BCUT2D eigenvalue weighted by molar-refractivity contribution is 5.78. The minimum atomic E-state index is 0.178. The number of β-amino-alcohol motifs (C(OH)–C–C–N with tert-alkyl or cyclic N) is 1. The van der Waals surface area contributed by atoms with E-state index in [1.54, 1.807) is 0 Å². The van der Waals surface area contributed by atoms with E-state index < -0.39 is 0 Å². The zero-order valence-corrected chi connectivity index (χ0v) is 11.1. The number of amides is 1. The van der Waals surface area contributed by atoms with Gasteiger partial charge in [0.1, 0.15) is 0 Å². The summed E-state index contributed by atoms with van der Waals surface area (Å²) < 4.78 is 0. The highest BCUT2D eigenvalue weighted by Crippen LogP contribution is 2.17. The average Bonchev–Trinajstić information content (AvgIpc) is 2.84. The second-order valence-electron chi connectivity index (χ2n) is 5.39. The van der Waals surface area contributed by atoms with Crippen LogP contribution in [0.1, 0.15) is 25.7 Å². The number of aliphatic hydroxyl groups excluding tert-OH is 1. The van der Waals surface area contributed by atoms with Crippen LogP contribution in [0.25, 0.3) is 0 Å². The predicted molar refractivity (Wildman–Crippen MR) is 70.4 cm³/mol. The zero-order valence-electron chi connectivity index (χ0n) is 11.1. The molecule has 0 radical (unpaired) electrons. The van der Waals surface area contributed by atoms with Crippen molar-refractivity contribution >= 4 is 5.91 Å². The summed E-state index contributed by atoms with van der Waals surface area (Å²) in [6, 6.07) is 0.424. The van der Waals surface area contributed by atoms with E-state index in [2.05, 4.69) is 15.1 Å². The first-order chi connectivity index (χ1) is 8.78. The molecule has 2 fully saturated rings. The van der Waals surface area contributed by atoms with Crippen LogP contribution in [0.4, 0.5) is 0 Å². The lowest BCUT2D eigenvalue weighted by Crippen LogP contribution is -2.50. The SMILES string of the molecule is O=C(CN1CCN(CCO)CC1)NC1CCCC1. The van der Waals surface area contributed by atoms with E-state index >= 15 is 0 Å². The summed E-state index contributed by atoms with van der Waals surface area (Å²) in [6.45, 7) is 5.28. The molecule has 104 valence electrons. The fourth-order valence-corrected chi connectivity index (χ4v) is 2.86. The zero-order chi connectivity index (χ0) is 12.8. The minimum Gasteiger partial charge on any atom is -0.395 e. The number of rotatable bonds is 5. The average molecular weight is 255 g/mol. The number of piperazine rings is 1. The first kappa shape index (κ1) is 13.8. The number of carbonyl (C=O) groups is 1. The van der Waals surface area contributed by atoms with Gasteiger partial charge in [-0.1, -0.05) is 12.8 Å². The smallest absolute Gasteiger partial charge is 0.234 e. The Balaban J connectivity index is 1.63. The van der Waals surface area contributed by atoms with E-state index in [1.807, 2.05) is 0 Å². The molecule has 0 bridgehead atoms. The van der Waals surface area contributed by atoms with E-state index in [9.17, 15) is 4.79 Å². The highest BCUT2D eigenvalue weighted by Gasteiger charge is 2.21. The Bertz CT molecular complexity index is 259. The molecule has 2 aliphatic rings. The summed E-state index contributed by atoms with van der Waals surface area (Å²) in [7, 11) is 0. The fraction of sp³-hybridized carbons (Fsp3) is 0.923. The summed E-state index contributed by atoms with van der Waals surface area (Å²) in [4.78, 5) is 16.3. The van der Waals surface area contributed by atoms with Crippen LogP contribution in [0.2, 0.25) is 0 Å². The van der Waals surface area contributed by atoms with E-state index in [0.717, 1.165) is 45.6 Å². The van der Waals surface area contributed by atoms with Crippen LogP contribution in [0, 0.1) is 0 Å². The molecule has 1 aliphatic carbocycles. The number of nitrogens with one attached hydrogen (secondary N) is 1. The summed E-state index contributed by atoms with van der Waals surface area (Å²) in [5.41, 5.74) is 0. The molecule has 0 aromatic rings. The van der Waals surface area contributed by atoms with Gasteiger partial charge in [-0.2, -0.15) is 0 Å². The standard InChI is InChI=1S/C13H25N3O2/c17-10-9-15-5-7-16(8-6-15)11-13(18)14-12-3-1-2-4-12/h12,17H,1-11H2,(H,14,18). The van der Waals surface area contributed by atoms with Gasteiger partial charge in [-0.3, -0.25) is 14.6 Å². The third kappa shape index (κ3) is 4.23. The molecule has 1 amide bonds. The summed E-state index contributed by atoms with van der Waals surface area (Å²) in [6.07, 6.45) is 4.81. The molecular formula is C13H25N3O2. The summed E-state index contributed by atoms with van der Waals surface area (Å²) in [5.74, 6) is 0.178. The van der Waals surface area contributed by atoms with Gasteiger partial charge < -0.3 is 10.4 Å². The third-order valence-electron chi connectivity index (χ3n) is 3.97. The Labute approximate surface area is 109 Å². The number of hydrogen-bond donors (Lipinski definition) is 2. The predicted octanol–water partition coefficient (Wildman–Crippen LogP) is -0.345. The molecule has 0 aromatic heterocycles. The van der Waals surface area contributed by atoms with Gasteiger partial charge in [0.05, 0.1) is 13.2 Å². The quantitative estimate of drug-likeness (QED) is 0.705. The molecule has 1 saturated carbocycles. The number of aliphatic hydroxyl groups is 1. The van der Waals surface area contributed by atoms with E-state index in [4.69, 9.17) is 5.11 Å². The molecule has 0 atom stereocenters. The van der Waals surface area contributed by atoms with Crippen molar-refractivity contribution in [3.05, 3.63) is 0 Å². The molecule has 2 N–H and O–H groups in total. The van der Waals surface area contributed by atoms with Crippen molar-refractivity contribution in [3.8, 4) is 0 Å². The van der Waals surface area contributed by atoms with Crippen LogP contribution in [0.5, 0.6) is 0 Å². The van der Waals surface area contributed by atoms with Crippen LogP contribution >= 0.6 is 0 Å². The fourth-order valence-electron chi connectivity index (χ4n) is 2.86. The van der Waals surface area contributed by atoms with Crippen molar-refractivity contribution in [2.24, 2.45) is 0 Å².